The molecule has 1 aromatic carbocycles. The summed E-state index contributed by atoms with van der Waals surface area (Å²) < 4.78 is 39.2. The van der Waals surface area contributed by atoms with Gasteiger partial charge in [-0.3, -0.25) is 4.79 Å². The Morgan fingerprint density at radius 2 is 2.04 bits per heavy atom. The summed E-state index contributed by atoms with van der Waals surface area (Å²) in [6.45, 7) is -1.23. The number of halogens is 2. The van der Waals surface area contributed by atoms with Gasteiger partial charge in [-0.25, -0.2) is 4.79 Å². The number of aliphatic carboxylic acids is 1. The second-order valence-corrected chi connectivity index (χ2v) is 5.23. The number of rotatable bonds is 5. The highest BCUT2D eigenvalue weighted by Gasteiger charge is 2.33. The van der Waals surface area contributed by atoms with E-state index in [1.54, 1.807) is 6.92 Å². The number of morpholine rings is 1. The molecule has 0 bridgehead atoms. The minimum Gasteiger partial charge on any atom is -0.493 e. The van der Waals surface area contributed by atoms with E-state index >= 15 is 0 Å². The van der Waals surface area contributed by atoms with Crippen molar-refractivity contribution in [3.05, 3.63) is 23.8 Å². The minimum absolute atomic E-state index is 0.0164. The van der Waals surface area contributed by atoms with Gasteiger partial charge in [0.25, 0.3) is 5.91 Å². The molecule has 24 heavy (non-hydrogen) atoms. The van der Waals surface area contributed by atoms with Gasteiger partial charge in [-0.2, -0.15) is 8.78 Å². The van der Waals surface area contributed by atoms with Gasteiger partial charge in [-0.05, 0) is 25.1 Å². The summed E-state index contributed by atoms with van der Waals surface area (Å²) in [6, 6.07) is 3.80. The first-order valence-corrected chi connectivity index (χ1v) is 7.12. The molecule has 0 saturated carbocycles. The van der Waals surface area contributed by atoms with Gasteiger partial charge in [-0.15, -0.1) is 0 Å². The highest BCUT2D eigenvalue weighted by atomic mass is 19.3. The standard InChI is InChI=1S/C15H17F2NO6/c1-8-6-18(7-12(23-8)14(20)21)13(19)9-3-4-10(24-15(16)17)11(5-9)22-2/h3-5,8,12,15H,6-7H2,1-2H3,(H,20,21)/t8-,12?/m1/s1. The monoisotopic (exact) mass is 345 g/mol. The Bertz CT molecular complexity index is 624. The van der Waals surface area contributed by atoms with E-state index in [-0.39, 0.29) is 30.2 Å². The first-order valence-electron chi connectivity index (χ1n) is 7.12. The van der Waals surface area contributed by atoms with Gasteiger partial charge in [0.05, 0.1) is 19.8 Å². The highest BCUT2D eigenvalue weighted by Crippen LogP contribution is 2.30. The average molecular weight is 345 g/mol. The van der Waals surface area contributed by atoms with Gasteiger partial charge in [-0.1, -0.05) is 0 Å². The second-order valence-electron chi connectivity index (χ2n) is 5.23. The van der Waals surface area contributed by atoms with E-state index in [2.05, 4.69) is 4.74 Å². The van der Waals surface area contributed by atoms with E-state index in [1.807, 2.05) is 0 Å². The lowest BCUT2D eigenvalue weighted by atomic mass is 10.1. The van der Waals surface area contributed by atoms with Crippen LogP contribution in [0, 0.1) is 0 Å². The minimum atomic E-state index is -3.02. The van der Waals surface area contributed by atoms with Gasteiger partial charge in [0.2, 0.25) is 0 Å². The van der Waals surface area contributed by atoms with Crippen LogP contribution >= 0.6 is 0 Å². The summed E-state index contributed by atoms with van der Waals surface area (Å²) in [6.07, 6.45) is -1.55. The molecule has 0 spiro atoms. The van der Waals surface area contributed by atoms with Gasteiger partial charge in [0.15, 0.2) is 17.6 Å². The zero-order valence-corrected chi connectivity index (χ0v) is 13.1. The maximum absolute atomic E-state index is 12.5. The number of alkyl halides is 2. The molecule has 1 aromatic rings. The molecule has 0 radical (unpaired) electrons. The van der Waals surface area contributed by atoms with E-state index in [9.17, 15) is 18.4 Å². The van der Waals surface area contributed by atoms with Crippen molar-refractivity contribution in [1.29, 1.82) is 0 Å². The molecule has 0 aliphatic carbocycles. The van der Waals surface area contributed by atoms with E-state index < -0.39 is 30.7 Å². The van der Waals surface area contributed by atoms with Crippen molar-refractivity contribution in [2.24, 2.45) is 0 Å². The fraction of sp³-hybridized carbons (Fsp3) is 0.467. The van der Waals surface area contributed by atoms with Crippen LogP contribution in [-0.2, 0) is 9.53 Å². The number of hydrogen-bond donors (Lipinski definition) is 1. The Kier molecular flexibility index (Phi) is 5.55. The number of benzene rings is 1. The third-order valence-electron chi connectivity index (χ3n) is 3.45. The zero-order chi connectivity index (χ0) is 17.9. The van der Waals surface area contributed by atoms with Crippen LogP contribution in [-0.4, -0.2) is 60.9 Å². The van der Waals surface area contributed by atoms with Crippen molar-refractivity contribution in [2.75, 3.05) is 20.2 Å². The molecule has 1 heterocycles. The largest absolute Gasteiger partial charge is 0.493 e. The van der Waals surface area contributed by atoms with E-state index in [1.165, 1.54) is 30.2 Å². The molecule has 0 aromatic heterocycles. The summed E-state index contributed by atoms with van der Waals surface area (Å²) >= 11 is 0. The van der Waals surface area contributed by atoms with E-state index in [0.717, 1.165) is 0 Å². The fourth-order valence-corrected chi connectivity index (χ4v) is 2.43. The zero-order valence-electron chi connectivity index (χ0n) is 13.1. The second kappa shape index (κ2) is 7.43. The lowest BCUT2D eigenvalue weighted by Crippen LogP contribution is -2.51. The van der Waals surface area contributed by atoms with Crippen LogP contribution in [0.25, 0.3) is 0 Å². The van der Waals surface area contributed by atoms with Crippen LogP contribution in [0.2, 0.25) is 0 Å². The number of carbonyl (C=O) groups is 2. The molecule has 1 amide bonds. The molecule has 9 heteroatoms. The van der Waals surface area contributed by atoms with Gasteiger partial charge >= 0.3 is 12.6 Å². The summed E-state index contributed by atoms with van der Waals surface area (Å²) in [5.74, 6) is -1.81. The smallest absolute Gasteiger partial charge is 0.387 e. The van der Waals surface area contributed by atoms with Crippen molar-refractivity contribution in [1.82, 2.24) is 4.90 Å². The number of carbonyl (C=O) groups excluding carboxylic acids is 1. The quantitative estimate of drug-likeness (QED) is 0.873. The van der Waals surface area contributed by atoms with Crippen LogP contribution in [0.15, 0.2) is 18.2 Å². The molecule has 1 fully saturated rings. The molecule has 1 N–H and O–H groups in total. The molecule has 7 nitrogen and oxygen atoms in total. The molecular weight excluding hydrogens is 328 g/mol. The third-order valence-corrected chi connectivity index (χ3v) is 3.45. The first-order chi connectivity index (χ1) is 11.3. The number of carboxylic acids is 1. The Morgan fingerprint density at radius 3 is 2.62 bits per heavy atom. The van der Waals surface area contributed by atoms with Crippen LogP contribution in [0.3, 0.4) is 0 Å². The number of amides is 1. The van der Waals surface area contributed by atoms with Crippen LogP contribution in [0.4, 0.5) is 8.78 Å². The van der Waals surface area contributed by atoms with Crippen molar-refractivity contribution in [3.63, 3.8) is 0 Å². The van der Waals surface area contributed by atoms with Gasteiger partial charge in [0.1, 0.15) is 0 Å². The predicted molar refractivity (Wildman–Crippen MR) is 77.5 cm³/mol. The van der Waals surface area contributed by atoms with E-state index in [4.69, 9.17) is 14.6 Å². The summed E-state index contributed by atoms with van der Waals surface area (Å²) in [5.41, 5.74) is 0.173. The Balaban J connectivity index is 2.21. The van der Waals surface area contributed by atoms with Crippen molar-refractivity contribution in [3.8, 4) is 11.5 Å². The average Bonchev–Trinajstić information content (AvgIpc) is 2.53. The molecular formula is C15H17F2NO6. The molecule has 1 unspecified atom stereocenters. The lowest BCUT2D eigenvalue weighted by Gasteiger charge is -2.35. The number of carboxylic acid groups (broad SMARTS) is 1. The van der Waals surface area contributed by atoms with Crippen molar-refractivity contribution >= 4 is 11.9 Å². The topological polar surface area (TPSA) is 85.3 Å². The first kappa shape index (κ1) is 17.9. The Labute approximate surface area is 136 Å². The number of nitrogens with zero attached hydrogens (tertiary/aromatic N) is 1. The van der Waals surface area contributed by atoms with Gasteiger partial charge in [0, 0.05) is 12.1 Å². The fourth-order valence-electron chi connectivity index (χ4n) is 2.43. The molecule has 2 rings (SSSR count). The van der Waals surface area contributed by atoms with Crippen LogP contribution < -0.4 is 9.47 Å². The number of hydrogen-bond acceptors (Lipinski definition) is 5. The molecule has 1 aliphatic rings. The summed E-state index contributed by atoms with van der Waals surface area (Å²) in [5, 5.41) is 9.06. The van der Waals surface area contributed by atoms with Crippen molar-refractivity contribution in [2.45, 2.75) is 25.7 Å². The van der Waals surface area contributed by atoms with Crippen molar-refractivity contribution < 1.29 is 37.7 Å². The maximum atomic E-state index is 12.5. The Morgan fingerprint density at radius 1 is 1.33 bits per heavy atom. The van der Waals surface area contributed by atoms with Crippen LogP contribution in [0.5, 0.6) is 11.5 Å². The Hall–Kier alpha value is -2.42. The number of methoxy groups -OCH3 is 1. The van der Waals surface area contributed by atoms with Crippen LogP contribution in [0.1, 0.15) is 17.3 Å². The highest BCUT2D eigenvalue weighted by molar-refractivity contribution is 5.95. The predicted octanol–water partition coefficient (Wildman–Crippen LogP) is 1.61. The normalized spacial score (nSPS) is 20.8. The molecule has 2 atom stereocenters. The summed E-state index contributed by atoms with van der Waals surface area (Å²) in [7, 11) is 1.26. The maximum Gasteiger partial charge on any atom is 0.387 e. The SMILES string of the molecule is COc1cc(C(=O)N2CC(C(=O)O)O[C@H](C)C2)ccc1OC(F)F. The third kappa shape index (κ3) is 4.10. The molecule has 1 aliphatic heterocycles. The van der Waals surface area contributed by atoms with E-state index in [0.29, 0.717) is 0 Å². The number of ether oxygens (including phenoxy) is 3. The van der Waals surface area contributed by atoms with Gasteiger partial charge < -0.3 is 24.2 Å². The molecule has 1 saturated heterocycles. The summed E-state index contributed by atoms with van der Waals surface area (Å²) in [4.78, 5) is 25.0. The lowest BCUT2D eigenvalue weighted by molar-refractivity contribution is -0.160. The molecule has 132 valence electrons.